The van der Waals surface area contributed by atoms with Crippen LogP contribution in [0.3, 0.4) is 0 Å². The van der Waals surface area contributed by atoms with Gasteiger partial charge in [0.1, 0.15) is 0 Å². The molecule has 1 aliphatic carbocycles. The van der Waals surface area contributed by atoms with E-state index in [9.17, 15) is 0 Å². The largest absolute Gasteiger partial charge is 0.346 e. The van der Waals surface area contributed by atoms with Crippen LogP contribution in [0.4, 0.5) is 11.5 Å². The van der Waals surface area contributed by atoms with E-state index in [2.05, 4.69) is 69.3 Å². The van der Waals surface area contributed by atoms with Gasteiger partial charge in [0.2, 0.25) is 0 Å². The molecule has 1 saturated carbocycles. The zero-order valence-corrected chi connectivity index (χ0v) is 21.7. The molecule has 1 unspecified atom stereocenters. The number of hydrogen-bond donors (Lipinski definition) is 0. The Hall–Kier alpha value is -2.22. The minimum Gasteiger partial charge on any atom is -0.346 e. The molecule has 0 spiro atoms. The summed E-state index contributed by atoms with van der Waals surface area (Å²) in [6.07, 6.45) is 8.67. The fourth-order valence-electron chi connectivity index (χ4n) is 6.21. The molecule has 1 aromatic heterocycles. The maximum absolute atomic E-state index is 9.15. The fourth-order valence-corrected chi connectivity index (χ4v) is 11.9. The lowest BCUT2D eigenvalue weighted by atomic mass is 9.84. The van der Waals surface area contributed by atoms with Crippen molar-refractivity contribution >= 4 is 40.9 Å². The van der Waals surface area contributed by atoms with E-state index in [1.165, 1.54) is 59.7 Å². The third kappa shape index (κ3) is 3.27. The van der Waals surface area contributed by atoms with Gasteiger partial charge in [-0.25, -0.2) is 9.67 Å². The molecule has 0 bridgehead atoms. The molecule has 0 radical (unpaired) electrons. The van der Waals surface area contributed by atoms with Crippen LogP contribution < -0.4 is 10.2 Å². The van der Waals surface area contributed by atoms with Gasteiger partial charge in [-0.2, -0.15) is 10.4 Å². The summed E-state index contributed by atoms with van der Waals surface area (Å²) >= 11 is 6.88. The summed E-state index contributed by atoms with van der Waals surface area (Å²) in [6, 6.07) is 8.79. The lowest BCUT2D eigenvalue weighted by Crippen LogP contribution is -2.31. The van der Waals surface area contributed by atoms with E-state index < -0.39 is 6.04 Å². The minimum absolute atomic E-state index is 0.145. The molecule has 0 N–H and O–H groups in total. The zero-order chi connectivity index (χ0) is 23.4. The molecule has 5 nitrogen and oxygen atoms in total. The number of allylic oxidation sites excluding steroid dienone is 2. The molecular formula is C26H32N5PS. The standard InChI is InChI=1S/C26H32N5PS/c1-18-23-25(31(29-18)16-10-15-27)28-17-22(32(23,33)19-11-6-5-7-12-19)24-26(2,3)20-13-8-9-14-21(20)30(24)4/h8-9,13-14,17,19H,5-7,10-12,16H2,1-4H3/b24-22+. The van der Waals surface area contributed by atoms with E-state index in [4.69, 9.17) is 27.2 Å². The lowest BCUT2D eigenvalue weighted by molar-refractivity contribution is 0.512. The number of fused-ring (bicyclic) bond motifs is 2. The summed E-state index contributed by atoms with van der Waals surface area (Å²) in [5.74, 6) is 0.900. The molecule has 2 aliphatic heterocycles. The molecule has 1 fully saturated rings. The quantitative estimate of drug-likeness (QED) is 0.517. The average molecular weight is 478 g/mol. The second-order valence-electron chi connectivity index (χ2n) is 10.0. The number of nitrogens with zero attached hydrogens (tertiary/aromatic N) is 5. The highest BCUT2D eigenvalue weighted by Gasteiger charge is 2.48. The van der Waals surface area contributed by atoms with Crippen molar-refractivity contribution in [3.8, 4) is 6.07 Å². The molecule has 2 aromatic rings. The van der Waals surface area contributed by atoms with Gasteiger partial charge < -0.3 is 4.90 Å². The van der Waals surface area contributed by atoms with Gasteiger partial charge in [-0.1, -0.05) is 63.1 Å². The number of anilines is 1. The van der Waals surface area contributed by atoms with Crippen LogP contribution in [0.1, 0.15) is 63.6 Å². The number of benzene rings is 1. The van der Waals surface area contributed by atoms with Crippen LogP contribution in [0.25, 0.3) is 0 Å². The second-order valence-corrected chi connectivity index (χ2v) is 14.7. The third-order valence-electron chi connectivity index (χ3n) is 7.70. The minimum atomic E-state index is -2.18. The van der Waals surface area contributed by atoms with Gasteiger partial charge in [0.25, 0.3) is 0 Å². The lowest BCUT2D eigenvalue weighted by Gasteiger charge is -2.40. The normalized spacial score (nSPS) is 26.2. The van der Waals surface area contributed by atoms with Crippen molar-refractivity contribution in [2.75, 3.05) is 11.9 Å². The van der Waals surface area contributed by atoms with Gasteiger partial charge in [-0.15, -0.1) is 0 Å². The molecule has 5 rings (SSSR count). The van der Waals surface area contributed by atoms with Crippen molar-refractivity contribution < 1.29 is 0 Å². The van der Waals surface area contributed by atoms with E-state index in [-0.39, 0.29) is 5.41 Å². The topological polar surface area (TPSA) is 57.2 Å². The van der Waals surface area contributed by atoms with E-state index in [0.717, 1.165) is 11.5 Å². The number of aryl methyl sites for hydroxylation is 2. The van der Waals surface area contributed by atoms with Crippen molar-refractivity contribution in [3.05, 3.63) is 46.5 Å². The van der Waals surface area contributed by atoms with Crippen molar-refractivity contribution in [2.24, 2.45) is 4.99 Å². The Morgan fingerprint density at radius 1 is 1.21 bits per heavy atom. The second kappa shape index (κ2) is 8.22. The van der Waals surface area contributed by atoms with E-state index in [1.807, 2.05) is 4.68 Å². The molecule has 0 saturated heterocycles. The highest BCUT2D eigenvalue weighted by atomic mass is 32.4. The van der Waals surface area contributed by atoms with Crippen molar-refractivity contribution in [3.63, 3.8) is 0 Å². The summed E-state index contributed by atoms with van der Waals surface area (Å²) in [6.45, 7) is 7.30. The number of likely N-dealkylation sites (N-methyl/N-ethyl adjacent to an activating group) is 1. The molecule has 3 heterocycles. The molecule has 3 aliphatic rings. The van der Waals surface area contributed by atoms with Gasteiger partial charge >= 0.3 is 0 Å². The van der Waals surface area contributed by atoms with Gasteiger partial charge in [-0.05, 0) is 37.1 Å². The van der Waals surface area contributed by atoms with Crippen LogP contribution in [0.5, 0.6) is 0 Å². The molecule has 1 aromatic carbocycles. The number of rotatable bonds is 3. The number of nitriles is 1. The predicted octanol–water partition coefficient (Wildman–Crippen LogP) is 5.90. The molecular weight excluding hydrogens is 445 g/mol. The highest BCUT2D eigenvalue weighted by Crippen LogP contribution is 2.67. The highest BCUT2D eigenvalue weighted by molar-refractivity contribution is 8.21. The Balaban J connectivity index is 1.78. The Labute approximate surface area is 202 Å². The first-order valence-corrected chi connectivity index (χ1v) is 14.9. The Morgan fingerprint density at radius 3 is 2.64 bits per heavy atom. The Kier molecular flexibility index (Phi) is 5.62. The summed E-state index contributed by atoms with van der Waals surface area (Å²) in [5, 5.41) is 16.5. The van der Waals surface area contributed by atoms with Gasteiger partial charge in [-0.3, -0.25) is 0 Å². The Bertz CT molecular complexity index is 1260. The van der Waals surface area contributed by atoms with E-state index in [0.29, 0.717) is 18.6 Å². The average Bonchev–Trinajstić information content (AvgIpc) is 3.25. The first-order valence-electron chi connectivity index (χ1n) is 12.0. The van der Waals surface area contributed by atoms with Gasteiger partial charge in [0, 0.05) is 41.4 Å². The smallest absolute Gasteiger partial charge is 0.159 e. The number of para-hydroxylation sites is 1. The summed E-state index contributed by atoms with van der Waals surface area (Å²) in [4.78, 5) is 7.35. The third-order valence-corrected chi connectivity index (χ3v) is 13.5. The first-order chi connectivity index (χ1) is 15.8. The van der Waals surface area contributed by atoms with Crippen molar-refractivity contribution in [1.82, 2.24) is 9.78 Å². The van der Waals surface area contributed by atoms with Crippen LogP contribution >= 0.6 is 6.04 Å². The van der Waals surface area contributed by atoms with Crippen LogP contribution in [0, 0.1) is 18.3 Å². The molecule has 33 heavy (non-hydrogen) atoms. The monoisotopic (exact) mass is 477 g/mol. The van der Waals surface area contributed by atoms with Gasteiger partial charge in [0.05, 0.1) is 30.0 Å². The summed E-state index contributed by atoms with van der Waals surface area (Å²) < 4.78 is 1.92. The maximum Gasteiger partial charge on any atom is 0.159 e. The van der Waals surface area contributed by atoms with E-state index >= 15 is 0 Å². The maximum atomic E-state index is 9.15. The number of aliphatic imine (C=N–C) groups is 1. The van der Waals surface area contributed by atoms with Crippen LogP contribution in [-0.2, 0) is 23.8 Å². The Morgan fingerprint density at radius 2 is 1.94 bits per heavy atom. The molecule has 7 heteroatoms. The van der Waals surface area contributed by atoms with Crippen molar-refractivity contribution in [1.29, 1.82) is 5.26 Å². The van der Waals surface area contributed by atoms with Crippen LogP contribution in [0.2, 0.25) is 0 Å². The summed E-state index contributed by atoms with van der Waals surface area (Å²) in [5.41, 5.74) is 5.25. The molecule has 0 amide bonds. The van der Waals surface area contributed by atoms with Crippen LogP contribution in [-0.4, -0.2) is 28.7 Å². The van der Waals surface area contributed by atoms with Crippen molar-refractivity contribution in [2.45, 2.75) is 76.9 Å². The van der Waals surface area contributed by atoms with Crippen LogP contribution in [0.15, 0.2) is 40.3 Å². The summed E-state index contributed by atoms with van der Waals surface area (Å²) in [7, 11) is 2.18. The zero-order valence-electron chi connectivity index (χ0n) is 20.0. The van der Waals surface area contributed by atoms with Gasteiger partial charge in [0.15, 0.2) is 5.82 Å². The molecule has 1 atom stereocenters. The first kappa shape index (κ1) is 22.6. The number of hydrogen-bond acceptors (Lipinski definition) is 5. The molecule has 172 valence electrons. The predicted molar refractivity (Wildman–Crippen MR) is 141 cm³/mol. The fraction of sp³-hybridized carbons (Fsp3) is 0.500. The van der Waals surface area contributed by atoms with E-state index in [1.54, 1.807) is 0 Å². The number of aromatic nitrogens is 2. The SMILES string of the molecule is Cc1nn(CCC#N)c2c1P(=S)(C1CCCCC1)/C(=C1/N(C)c3ccccc3C1(C)C)C=N2.